The minimum absolute atomic E-state index is 0.0550. The van der Waals surface area contributed by atoms with E-state index < -0.39 is 0 Å². The minimum atomic E-state index is -0.0550. The van der Waals surface area contributed by atoms with Crippen LogP contribution in [0, 0.1) is 11.3 Å². The Morgan fingerprint density at radius 3 is 2.92 bits per heavy atom. The van der Waals surface area contributed by atoms with Crippen molar-refractivity contribution in [3.8, 4) is 17.5 Å². The molecule has 0 amide bonds. The maximum atomic E-state index is 13.4. The van der Waals surface area contributed by atoms with Gasteiger partial charge in [0.25, 0.3) is 5.56 Å². The molecular weight excluding hydrogens is 386 g/mol. The van der Waals surface area contributed by atoms with E-state index in [-0.39, 0.29) is 11.3 Å². The Bertz CT molecular complexity index is 1060. The molecule has 8 heteroatoms. The highest BCUT2D eigenvalue weighted by Gasteiger charge is 2.23. The first kappa shape index (κ1) is 17.5. The van der Waals surface area contributed by atoms with Crippen LogP contribution < -0.4 is 10.3 Å². The molecule has 2 aromatic heterocycles. The quantitative estimate of drug-likeness (QED) is 0.484. The Labute approximate surface area is 163 Å². The van der Waals surface area contributed by atoms with E-state index in [4.69, 9.17) is 15.0 Å². The summed E-state index contributed by atoms with van der Waals surface area (Å²) >= 11 is 4.69. The van der Waals surface area contributed by atoms with Crippen LogP contribution in [0.3, 0.4) is 0 Å². The minimum Gasteiger partial charge on any atom is -0.497 e. The molecule has 132 valence electrons. The summed E-state index contributed by atoms with van der Waals surface area (Å²) in [5.74, 6) is 2.06. The van der Waals surface area contributed by atoms with Crippen LogP contribution in [0.15, 0.2) is 38.4 Å². The fourth-order valence-corrected chi connectivity index (χ4v) is 6.22. The highest BCUT2D eigenvalue weighted by atomic mass is 32.2. The van der Waals surface area contributed by atoms with Gasteiger partial charge in [-0.05, 0) is 48.4 Å². The number of thioether (sulfide) groups is 2. The van der Waals surface area contributed by atoms with Gasteiger partial charge in [0.15, 0.2) is 5.16 Å². The van der Waals surface area contributed by atoms with Crippen LogP contribution in [0.4, 0.5) is 0 Å². The molecule has 26 heavy (non-hydrogen) atoms. The third-order valence-electron chi connectivity index (χ3n) is 4.16. The normalized spacial score (nSPS) is 13.4. The van der Waals surface area contributed by atoms with Gasteiger partial charge in [-0.1, -0.05) is 11.8 Å². The van der Waals surface area contributed by atoms with Gasteiger partial charge in [-0.3, -0.25) is 9.36 Å². The van der Waals surface area contributed by atoms with Crippen LogP contribution in [0.1, 0.15) is 12.0 Å². The van der Waals surface area contributed by atoms with Gasteiger partial charge in [0.1, 0.15) is 10.6 Å². The third kappa shape index (κ3) is 3.00. The summed E-state index contributed by atoms with van der Waals surface area (Å²) in [7, 11) is 1.61. The molecule has 0 fully saturated rings. The molecule has 0 N–H and O–H groups in total. The SMILES string of the molecule is COc1ccc(-n2c(SCC#N)nc3sc4c(c3c2=O)CCCS4)cc1. The molecule has 0 unspecified atom stereocenters. The molecule has 1 aliphatic heterocycles. The van der Waals surface area contributed by atoms with Crippen LogP contribution in [0.2, 0.25) is 0 Å². The van der Waals surface area contributed by atoms with Crippen molar-refractivity contribution in [1.82, 2.24) is 9.55 Å². The van der Waals surface area contributed by atoms with Gasteiger partial charge in [-0.15, -0.1) is 23.1 Å². The van der Waals surface area contributed by atoms with E-state index in [0.29, 0.717) is 5.16 Å². The number of aromatic nitrogens is 2. The lowest BCUT2D eigenvalue weighted by Crippen LogP contribution is -2.22. The highest BCUT2D eigenvalue weighted by Crippen LogP contribution is 2.40. The first-order valence-electron chi connectivity index (χ1n) is 8.08. The molecule has 0 atom stereocenters. The lowest BCUT2D eigenvalue weighted by Gasteiger charge is -2.13. The molecule has 0 saturated carbocycles. The van der Waals surface area contributed by atoms with E-state index in [9.17, 15) is 4.79 Å². The van der Waals surface area contributed by atoms with E-state index >= 15 is 0 Å². The molecule has 3 heterocycles. The molecule has 0 bridgehead atoms. The van der Waals surface area contributed by atoms with Crippen molar-refractivity contribution in [3.05, 3.63) is 40.2 Å². The molecule has 0 aliphatic carbocycles. The van der Waals surface area contributed by atoms with Gasteiger partial charge in [-0.2, -0.15) is 5.26 Å². The first-order valence-corrected chi connectivity index (χ1v) is 10.9. The summed E-state index contributed by atoms with van der Waals surface area (Å²) in [6.45, 7) is 0. The van der Waals surface area contributed by atoms with E-state index in [1.54, 1.807) is 23.0 Å². The fourth-order valence-electron chi connectivity index (χ4n) is 2.98. The van der Waals surface area contributed by atoms with Crippen LogP contribution in [-0.2, 0) is 6.42 Å². The van der Waals surface area contributed by atoms with Gasteiger partial charge < -0.3 is 4.74 Å². The van der Waals surface area contributed by atoms with Crippen molar-refractivity contribution >= 4 is 45.1 Å². The summed E-state index contributed by atoms with van der Waals surface area (Å²) in [5.41, 5.74) is 1.81. The molecule has 1 aromatic carbocycles. The zero-order valence-corrected chi connectivity index (χ0v) is 16.5. The molecular formula is C18H15N3O2S3. The van der Waals surface area contributed by atoms with Gasteiger partial charge in [0.2, 0.25) is 0 Å². The lowest BCUT2D eigenvalue weighted by molar-refractivity contribution is 0.414. The molecule has 4 rings (SSSR count). The monoisotopic (exact) mass is 401 g/mol. The second-order valence-electron chi connectivity index (χ2n) is 5.68. The van der Waals surface area contributed by atoms with E-state index in [1.807, 2.05) is 36.0 Å². The third-order valence-corrected chi connectivity index (χ3v) is 7.49. The van der Waals surface area contributed by atoms with Crippen molar-refractivity contribution in [2.75, 3.05) is 18.6 Å². The number of hydrogen-bond donors (Lipinski definition) is 0. The summed E-state index contributed by atoms with van der Waals surface area (Å²) in [4.78, 5) is 18.9. The molecule has 0 saturated heterocycles. The Kier molecular flexibility index (Phi) is 4.94. The second-order valence-corrected chi connectivity index (χ2v) is 8.99. The maximum absolute atomic E-state index is 13.4. The zero-order valence-electron chi connectivity index (χ0n) is 14.0. The van der Waals surface area contributed by atoms with Gasteiger partial charge in [0.05, 0.1) is 34.2 Å². The molecule has 1 aliphatic rings. The molecule has 0 spiro atoms. The zero-order chi connectivity index (χ0) is 18.1. The number of hydrogen-bond acceptors (Lipinski definition) is 7. The van der Waals surface area contributed by atoms with Crippen LogP contribution in [0.25, 0.3) is 15.9 Å². The summed E-state index contributed by atoms with van der Waals surface area (Å²) in [5, 5.41) is 10.3. The number of thiophene rings is 1. The van der Waals surface area contributed by atoms with Crippen molar-refractivity contribution < 1.29 is 4.74 Å². The first-order chi connectivity index (χ1) is 12.7. The van der Waals surface area contributed by atoms with Crippen molar-refractivity contribution in [2.45, 2.75) is 22.2 Å². The second kappa shape index (κ2) is 7.35. The predicted octanol–water partition coefficient (Wildman–Crippen LogP) is 4.11. The van der Waals surface area contributed by atoms with E-state index in [0.717, 1.165) is 45.8 Å². The highest BCUT2D eigenvalue weighted by molar-refractivity contribution is 8.01. The van der Waals surface area contributed by atoms with Gasteiger partial charge in [-0.25, -0.2) is 4.98 Å². The number of methoxy groups -OCH3 is 1. The lowest BCUT2D eigenvalue weighted by atomic mass is 10.1. The van der Waals surface area contributed by atoms with E-state index in [1.165, 1.54) is 16.0 Å². The predicted molar refractivity (Wildman–Crippen MR) is 107 cm³/mol. The van der Waals surface area contributed by atoms with Crippen molar-refractivity contribution in [3.63, 3.8) is 0 Å². The largest absolute Gasteiger partial charge is 0.497 e. The topological polar surface area (TPSA) is 67.9 Å². The summed E-state index contributed by atoms with van der Waals surface area (Å²) < 4.78 is 8.04. The maximum Gasteiger partial charge on any atom is 0.267 e. The average molecular weight is 402 g/mol. The van der Waals surface area contributed by atoms with Gasteiger partial charge >= 0.3 is 0 Å². The number of aryl methyl sites for hydroxylation is 1. The number of nitrogens with zero attached hydrogens (tertiary/aromatic N) is 3. The van der Waals surface area contributed by atoms with E-state index in [2.05, 4.69) is 6.07 Å². The van der Waals surface area contributed by atoms with Crippen LogP contribution >= 0.6 is 34.9 Å². The number of nitriles is 1. The van der Waals surface area contributed by atoms with Crippen molar-refractivity contribution in [2.24, 2.45) is 0 Å². The smallest absolute Gasteiger partial charge is 0.267 e. The fraction of sp³-hybridized carbons (Fsp3) is 0.278. The molecule has 5 nitrogen and oxygen atoms in total. The van der Waals surface area contributed by atoms with Crippen molar-refractivity contribution in [1.29, 1.82) is 5.26 Å². The summed E-state index contributed by atoms with van der Waals surface area (Å²) in [6.07, 6.45) is 2.00. The number of fused-ring (bicyclic) bond motifs is 3. The number of rotatable bonds is 4. The molecule has 0 radical (unpaired) electrons. The van der Waals surface area contributed by atoms with Crippen LogP contribution in [0.5, 0.6) is 5.75 Å². The molecule has 3 aromatic rings. The Morgan fingerprint density at radius 2 is 2.19 bits per heavy atom. The van der Waals surface area contributed by atoms with Crippen LogP contribution in [-0.4, -0.2) is 28.2 Å². The Morgan fingerprint density at radius 1 is 1.38 bits per heavy atom. The standard InChI is InChI=1S/C18H15N3O2S3/c1-23-12-6-4-11(5-7-12)21-16(22)14-13-3-2-9-24-17(13)26-15(14)20-18(21)25-10-8-19/h4-7H,2-3,9-10H2,1H3. The van der Waals surface area contributed by atoms with Gasteiger partial charge in [0, 0.05) is 0 Å². The number of benzene rings is 1. The Balaban J connectivity index is 1.97. The number of ether oxygens (including phenoxy) is 1. The average Bonchev–Trinajstić information content (AvgIpc) is 3.05. The Hall–Kier alpha value is -1.95. The summed E-state index contributed by atoms with van der Waals surface area (Å²) in [6, 6.07) is 9.45.